The Morgan fingerprint density at radius 1 is 1.17 bits per heavy atom. The second-order valence-electron chi connectivity index (χ2n) is 11.1. The fraction of sp³-hybridized carbons (Fsp3) is 0.484. The van der Waals surface area contributed by atoms with Crippen LogP contribution >= 0.6 is 11.6 Å². The molecular weight excluding hydrogens is 547 g/mol. The number of carbonyl (C=O) groups is 1. The molecule has 3 atom stereocenters. The lowest BCUT2D eigenvalue weighted by molar-refractivity contribution is -0.125. The molecule has 1 N–H and O–H groups in total. The topological polar surface area (TPSA) is 75.6 Å². The van der Waals surface area contributed by atoms with Gasteiger partial charge in [-0.25, -0.2) is 4.39 Å². The summed E-state index contributed by atoms with van der Waals surface area (Å²) < 4.78 is 31.8. The molecule has 2 saturated heterocycles. The van der Waals surface area contributed by atoms with Crippen LogP contribution in [0, 0.1) is 11.7 Å². The van der Waals surface area contributed by atoms with Gasteiger partial charge in [0.05, 0.1) is 10.9 Å². The van der Waals surface area contributed by atoms with Crippen molar-refractivity contribution in [3.63, 3.8) is 0 Å². The summed E-state index contributed by atoms with van der Waals surface area (Å²) in [6, 6.07) is 8.91. The molecule has 41 heavy (non-hydrogen) atoms. The third-order valence-electron chi connectivity index (χ3n) is 8.04. The summed E-state index contributed by atoms with van der Waals surface area (Å²) in [6.45, 7) is 4.85. The second-order valence-corrected chi connectivity index (χ2v) is 11.5. The fourth-order valence-electron chi connectivity index (χ4n) is 5.98. The van der Waals surface area contributed by atoms with E-state index in [1.54, 1.807) is 0 Å². The third-order valence-corrected chi connectivity index (χ3v) is 8.36. The monoisotopic (exact) mass is 582 g/mol. The number of carbonyl (C=O) groups excluding carboxylic acids is 1. The lowest BCUT2D eigenvalue weighted by Crippen LogP contribution is -2.47. The molecule has 4 aliphatic heterocycles. The number of rotatable bonds is 9. The van der Waals surface area contributed by atoms with Crippen molar-refractivity contribution in [2.75, 3.05) is 50.8 Å². The van der Waals surface area contributed by atoms with E-state index in [4.69, 9.17) is 25.8 Å². The van der Waals surface area contributed by atoms with Crippen LogP contribution in [0.5, 0.6) is 17.2 Å². The van der Waals surface area contributed by atoms with Crippen LogP contribution in [0.15, 0.2) is 47.5 Å². The van der Waals surface area contributed by atoms with Gasteiger partial charge in [0.15, 0.2) is 17.3 Å². The number of likely N-dealkylation sites (tertiary alicyclic amines) is 1. The molecule has 6 rings (SSSR count). The minimum atomic E-state index is -0.424. The Bertz CT molecular complexity index is 1300. The van der Waals surface area contributed by atoms with Gasteiger partial charge in [0.1, 0.15) is 19.0 Å². The van der Waals surface area contributed by atoms with Gasteiger partial charge >= 0.3 is 0 Å². The van der Waals surface area contributed by atoms with E-state index >= 15 is 0 Å². The molecule has 4 heterocycles. The number of nitrogens with one attached hydrogen (secondary N) is 1. The summed E-state index contributed by atoms with van der Waals surface area (Å²) in [7, 11) is 0. The molecule has 1 amide bonds. The van der Waals surface area contributed by atoms with Gasteiger partial charge in [-0.15, -0.1) is 0 Å². The zero-order chi connectivity index (χ0) is 28.2. The predicted molar refractivity (Wildman–Crippen MR) is 157 cm³/mol. The first-order chi connectivity index (χ1) is 20.0. The van der Waals surface area contributed by atoms with Crippen molar-refractivity contribution in [3.05, 3.63) is 58.9 Å². The lowest BCUT2D eigenvalue weighted by Gasteiger charge is -2.27. The number of ether oxygens (including phenoxy) is 3. The first kappa shape index (κ1) is 27.8. The molecule has 10 heteroatoms. The molecule has 2 fully saturated rings. The molecule has 2 aromatic rings. The quantitative estimate of drug-likeness (QED) is 0.434. The number of hydrogen-bond donors (Lipinski definition) is 1. The van der Waals surface area contributed by atoms with E-state index in [0.29, 0.717) is 42.7 Å². The van der Waals surface area contributed by atoms with Crippen molar-refractivity contribution < 1.29 is 23.4 Å². The molecule has 0 aliphatic carbocycles. The van der Waals surface area contributed by atoms with E-state index in [2.05, 4.69) is 20.1 Å². The number of hydrogen-bond acceptors (Lipinski definition) is 7. The van der Waals surface area contributed by atoms with Crippen LogP contribution in [0.3, 0.4) is 0 Å². The van der Waals surface area contributed by atoms with Gasteiger partial charge in [0, 0.05) is 50.1 Å². The standard InChI is InChI=1S/C31H36ClFN4O4/c32-25-7-6-24(18-27(25)41-29-5-1-2-9-34-29)37-12-8-22(19-37)31(38)35-23(20-36-10-3-4-11-36)15-21-16-26(33)30-28(17-21)39-13-14-40-30/h1,5-7,9,16-18,22-23,29H,2-4,8,10-15,19-20H2,(H,35,38). The summed E-state index contributed by atoms with van der Waals surface area (Å²) in [5.41, 5.74) is 1.75. The van der Waals surface area contributed by atoms with Crippen LogP contribution in [-0.2, 0) is 11.2 Å². The third kappa shape index (κ3) is 6.79. The highest BCUT2D eigenvalue weighted by Gasteiger charge is 2.31. The molecule has 8 nitrogen and oxygen atoms in total. The van der Waals surface area contributed by atoms with E-state index < -0.39 is 5.82 Å². The lowest BCUT2D eigenvalue weighted by atomic mass is 10.0. The maximum absolute atomic E-state index is 14.7. The van der Waals surface area contributed by atoms with E-state index in [1.165, 1.54) is 6.07 Å². The Labute approximate surface area is 245 Å². The van der Waals surface area contributed by atoms with Crippen LogP contribution in [0.25, 0.3) is 0 Å². The molecule has 0 aromatic heterocycles. The highest BCUT2D eigenvalue weighted by molar-refractivity contribution is 6.32. The van der Waals surface area contributed by atoms with E-state index in [1.807, 2.05) is 42.6 Å². The van der Waals surface area contributed by atoms with Crippen molar-refractivity contribution in [1.29, 1.82) is 0 Å². The Kier molecular flexibility index (Phi) is 8.62. The first-order valence-corrected chi connectivity index (χ1v) is 14.9. The number of dihydropyridines is 1. The average Bonchev–Trinajstić information content (AvgIpc) is 3.68. The van der Waals surface area contributed by atoms with E-state index in [9.17, 15) is 9.18 Å². The van der Waals surface area contributed by atoms with Crippen LogP contribution < -0.4 is 24.4 Å². The highest BCUT2D eigenvalue weighted by Crippen LogP contribution is 2.35. The molecule has 4 aliphatic rings. The van der Waals surface area contributed by atoms with Gasteiger partial charge in [-0.05, 0) is 74.7 Å². The largest absolute Gasteiger partial charge is 0.486 e. The Hall–Kier alpha value is -3.30. The predicted octanol–water partition coefficient (Wildman–Crippen LogP) is 4.64. The van der Waals surface area contributed by atoms with Gasteiger partial charge in [-0.1, -0.05) is 17.7 Å². The van der Waals surface area contributed by atoms with Crippen molar-refractivity contribution in [2.24, 2.45) is 10.9 Å². The number of benzene rings is 2. The van der Waals surface area contributed by atoms with Gasteiger partial charge in [-0.3, -0.25) is 9.79 Å². The molecule has 3 unspecified atom stereocenters. The number of amides is 1. The summed E-state index contributed by atoms with van der Waals surface area (Å²) in [5.74, 6) is 0.628. The van der Waals surface area contributed by atoms with Crippen LogP contribution in [0.2, 0.25) is 5.02 Å². The molecular formula is C31H36ClFN4O4. The Morgan fingerprint density at radius 2 is 2.02 bits per heavy atom. The van der Waals surface area contributed by atoms with Gasteiger partial charge in [0.2, 0.25) is 12.1 Å². The molecule has 2 aromatic carbocycles. The maximum atomic E-state index is 14.7. The van der Waals surface area contributed by atoms with E-state index in [0.717, 1.165) is 63.1 Å². The minimum absolute atomic E-state index is 0.0295. The SMILES string of the molecule is O=C(NC(Cc1cc(F)c2c(c1)OCCO2)CN1CCCC1)C1CCN(c2ccc(Cl)c(OC3C=CCC=N3)c2)C1. The van der Waals surface area contributed by atoms with E-state index in [-0.39, 0.29) is 29.8 Å². The number of allylic oxidation sites excluding steroid dienone is 1. The highest BCUT2D eigenvalue weighted by atomic mass is 35.5. The smallest absolute Gasteiger partial charge is 0.225 e. The number of nitrogens with zero attached hydrogens (tertiary/aromatic N) is 3. The number of anilines is 1. The number of aliphatic imine (C=N–C) groups is 1. The molecule has 218 valence electrons. The Morgan fingerprint density at radius 3 is 2.85 bits per heavy atom. The zero-order valence-electron chi connectivity index (χ0n) is 23.1. The van der Waals surface area contributed by atoms with Crippen molar-refractivity contribution >= 4 is 29.4 Å². The fourth-order valence-corrected chi connectivity index (χ4v) is 6.14. The summed E-state index contributed by atoms with van der Waals surface area (Å²) in [6.07, 6.45) is 9.75. The van der Waals surface area contributed by atoms with Gasteiger partial charge < -0.3 is 29.3 Å². The zero-order valence-corrected chi connectivity index (χ0v) is 23.8. The van der Waals surface area contributed by atoms with Gasteiger partial charge in [0.25, 0.3) is 0 Å². The van der Waals surface area contributed by atoms with Crippen LogP contribution in [0.4, 0.5) is 10.1 Å². The summed E-state index contributed by atoms with van der Waals surface area (Å²) in [4.78, 5) is 22.5. The first-order valence-electron chi connectivity index (χ1n) is 14.5. The minimum Gasteiger partial charge on any atom is -0.486 e. The normalized spacial score (nSPS) is 22.6. The molecule has 0 spiro atoms. The average molecular weight is 583 g/mol. The van der Waals surface area contributed by atoms with Crippen molar-refractivity contribution in [1.82, 2.24) is 10.2 Å². The molecule has 0 radical (unpaired) electrons. The van der Waals surface area contributed by atoms with Crippen LogP contribution in [0.1, 0.15) is 31.2 Å². The van der Waals surface area contributed by atoms with Gasteiger partial charge in [-0.2, -0.15) is 0 Å². The second kappa shape index (κ2) is 12.7. The summed E-state index contributed by atoms with van der Waals surface area (Å²) in [5, 5.41) is 3.83. The van der Waals surface area contributed by atoms with Crippen molar-refractivity contribution in [2.45, 2.75) is 44.4 Å². The summed E-state index contributed by atoms with van der Waals surface area (Å²) >= 11 is 6.42. The van der Waals surface area contributed by atoms with Crippen molar-refractivity contribution in [3.8, 4) is 17.2 Å². The number of fused-ring (bicyclic) bond motifs is 1. The van der Waals surface area contributed by atoms with Crippen LogP contribution in [-0.4, -0.2) is 75.2 Å². The molecule has 0 bridgehead atoms. The number of halogens is 2. The maximum Gasteiger partial charge on any atom is 0.225 e. The Balaban J connectivity index is 1.11. The molecule has 0 saturated carbocycles.